The lowest BCUT2D eigenvalue weighted by molar-refractivity contribution is 0.0352. The molecular weight excluding hydrogens is 226 g/mol. The van der Waals surface area contributed by atoms with Crippen LogP contribution in [0.1, 0.15) is 26.7 Å². The molecule has 4 heteroatoms. The largest absolute Gasteiger partial charge is 0.389 e. The summed E-state index contributed by atoms with van der Waals surface area (Å²) in [6.45, 7) is 10.0. The van der Waals surface area contributed by atoms with E-state index in [0.717, 1.165) is 13.0 Å². The first-order valence-electron chi connectivity index (χ1n) is 5.82. The summed E-state index contributed by atoms with van der Waals surface area (Å²) in [4.78, 5) is 0. The summed E-state index contributed by atoms with van der Waals surface area (Å²) in [5, 5.41) is 13.0. The number of ether oxygens (including phenoxy) is 1. The fraction of sp³-hybridized carbons (Fsp3) is 0.833. The molecule has 0 aliphatic carbocycles. The third-order valence-electron chi connectivity index (χ3n) is 2.08. The van der Waals surface area contributed by atoms with E-state index in [-0.39, 0.29) is 0 Å². The van der Waals surface area contributed by atoms with E-state index in [9.17, 15) is 5.11 Å². The standard InChI is InChI=1S/C12H24ClNO2/c1-10(2)5-4-6-16-9-12(15)8-14-7-11(3)13/h10,12,14-15H,3-9H2,1-2H3. The monoisotopic (exact) mass is 249 g/mol. The molecule has 0 amide bonds. The Morgan fingerprint density at radius 1 is 1.50 bits per heavy atom. The van der Waals surface area contributed by atoms with Gasteiger partial charge in [0.15, 0.2) is 0 Å². The van der Waals surface area contributed by atoms with Crippen molar-refractivity contribution in [1.29, 1.82) is 0 Å². The second-order valence-electron chi connectivity index (χ2n) is 4.41. The van der Waals surface area contributed by atoms with Crippen LogP contribution in [0.4, 0.5) is 0 Å². The molecule has 2 N–H and O–H groups in total. The van der Waals surface area contributed by atoms with Crippen LogP contribution < -0.4 is 5.32 Å². The zero-order valence-corrected chi connectivity index (χ0v) is 11.1. The Labute approximate surface area is 104 Å². The lowest BCUT2D eigenvalue weighted by atomic mass is 10.1. The van der Waals surface area contributed by atoms with Crippen LogP contribution in [0.25, 0.3) is 0 Å². The van der Waals surface area contributed by atoms with Gasteiger partial charge >= 0.3 is 0 Å². The van der Waals surface area contributed by atoms with Crippen molar-refractivity contribution in [3.8, 4) is 0 Å². The topological polar surface area (TPSA) is 41.5 Å². The minimum absolute atomic E-state index is 0.375. The van der Waals surface area contributed by atoms with Gasteiger partial charge in [0.25, 0.3) is 0 Å². The molecule has 0 fully saturated rings. The number of hydrogen-bond donors (Lipinski definition) is 2. The van der Waals surface area contributed by atoms with Crippen molar-refractivity contribution >= 4 is 11.6 Å². The average molecular weight is 250 g/mol. The highest BCUT2D eigenvalue weighted by Gasteiger charge is 2.03. The predicted octanol–water partition coefficient (Wildman–Crippen LogP) is 2.14. The van der Waals surface area contributed by atoms with Gasteiger partial charge in [0, 0.05) is 24.7 Å². The fourth-order valence-electron chi connectivity index (χ4n) is 1.25. The number of rotatable bonds is 10. The Kier molecular flexibility index (Phi) is 10.0. The van der Waals surface area contributed by atoms with Crippen LogP contribution in [0.2, 0.25) is 0 Å². The van der Waals surface area contributed by atoms with Crippen molar-refractivity contribution in [2.45, 2.75) is 32.8 Å². The molecule has 0 aliphatic rings. The molecule has 0 aromatic carbocycles. The van der Waals surface area contributed by atoms with Crippen LogP contribution in [0.3, 0.4) is 0 Å². The molecule has 3 nitrogen and oxygen atoms in total. The Balaban J connectivity index is 3.23. The smallest absolute Gasteiger partial charge is 0.0897 e. The maximum Gasteiger partial charge on any atom is 0.0897 e. The number of nitrogens with one attached hydrogen (secondary N) is 1. The van der Waals surface area contributed by atoms with Crippen LogP contribution in [0, 0.1) is 5.92 Å². The summed E-state index contributed by atoms with van der Waals surface area (Å²) in [6.07, 6.45) is 1.74. The van der Waals surface area contributed by atoms with E-state index >= 15 is 0 Å². The molecule has 16 heavy (non-hydrogen) atoms. The van der Waals surface area contributed by atoms with Gasteiger partial charge in [-0.05, 0) is 18.8 Å². The fourth-order valence-corrected chi connectivity index (χ4v) is 1.34. The molecule has 0 heterocycles. The normalized spacial score (nSPS) is 13.1. The molecule has 0 saturated carbocycles. The van der Waals surface area contributed by atoms with E-state index in [1.165, 1.54) is 6.42 Å². The van der Waals surface area contributed by atoms with Crippen molar-refractivity contribution in [3.63, 3.8) is 0 Å². The van der Waals surface area contributed by atoms with Crippen molar-refractivity contribution in [3.05, 3.63) is 11.6 Å². The summed E-state index contributed by atoms with van der Waals surface area (Å²) < 4.78 is 5.36. The third kappa shape index (κ3) is 12.0. The highest BCUT2D eigenvalue weighted by atomic mass is 35.5. The van der Waals surface area contributed by atoms with E-state index in [0.29, 0.717) is 30.6 Å². The molecule has 1 unspecified atom stereocenters. The van der Waals surface area contributed by atoms with Gasteiger partial charge in [-0.3, -0.25) is 0 Å². The zero-order chi connectivity index (χ0) is 12.4. The van der Waals surface area contributed by atoms with Gasteiger partial charge in [0.1, 0.15) is 0 Å². The lowest BCUT2D eigenvalue weighted by Gasteiger charge is -2.12. The lowest BCUT2D eigenvalue weighted by Crippen LogP contribution is -2.31. The molecule has 1 atom stereocenters. The van der Waals surface area contributed by atoms with Gasteiger partial charge < -0.3 is 15.2 Å². The van der Waals surface area contributed by atoms with E-state index < -0.39 is 6.10 Å². The molecule has 96 valence electrons. The third-order valence-corrected chi connectivity index (χ3v) is 2.21. The number of aliphatic hydroxyl groups is 1. The van der Waals surface area contributed by atoms with Crippen LogP contribution in [-0.2, 0) is 4.74 Å². The minimum atomic E-state index is -0.477. The first-order valence-corrected chi connectivity index (χ1v) is 6.20. The Morgan fingerprint density at radius 2 is 2.19 bits per heavy atom. The molecule has 0 rings (SSSR count). The van der Waals surface area contributed by atoms with Gasteiger partial charge in [-0.2, -0.15) is 0 Å². The van der Waals surface area contributed by atoms with Gasteiger partial charge in [0.2, 0.25) is 0 Å². The average Bonchev–Trinajstić information content (AvgIpc) is 2.16. The number of halogens is 1. The molecule has 0 aromatic heterocycles. The van der Waals surface area contributed by atoms with Crippen LogP contribution in [0.5, 0.6) is 0 Å². The Hall–Kier alpha value is -0.0900. The first-order chi connectivity index (χ1) is 7.52. The van der Waals surface area contributed by atoms with E-state index in [4.69, 9.17) is 16.3 Å². The Bertz CT molecular complexity index is 186. The SMILES string of the molecule is C=C(Cl)CNCC(O)COCCCC(C)C. The van der Waals surface area contributed by atoms with E-state index in [1.807, 2.05) is 0 Å². The molecule has 0 radical (unpaired) electrons. The number of aliphatic hydroxyl groups excluding tert-OH is 1. The summed E-state index contributed by atoms with van der Waals surface area (Å²) in [5.74, 6) is 0.713. The minimum Gasteiger partial charge on any atom is -0.389 e. The molecule has 0 aliphatic heterocycles. The van der Waals surface area contributed by atoms with Gasteiger partial charge in [-0.1, -0.05) is 32.0 Å². The van der Waals surface area contributed by atoms with Crippen LogP contribution in [0.15, 0.2) is 11.6 Å². The van der Waals surface area contributed by atoms with Crippen molar-refractivity contribution in [2.75, 3.05) is 26.3 Å². The molecule has 0 bridgehead atoms. The van der Waals surface area contributed by atoms with Crippen molar-refractivity contribution < 1.29 is 9.84 Å². The quantitative estimate of drug-likeness (QED) is 0.583. The molecule has 0 aromatic rings. The first kappa shape index (κ1) is 15.9. The molecule has 0 saturated heterocycles. The zero-order valence-electron chi connectivity index (χ0n) is 10.3. The second kappa shape index (κ2) is 10.1. The summed E-state index contributed by atoms with van der Waals surface area (Å²) >= 11 is 5.57. The number of hydrogen-bond acceptors (Lipinski definition) is 3. The van der Waals surface area contributed by atoms with Crippen LogP contribution >= 0.6 is 11.6 Å². The summed E-state index contributed by atoms with van der Waals surface area (Å²) in [5.41, 5.74) is 0. The Morgan fingerprint density at radius 3 is 2.75 bits per heavy atom. The van der Waals surface area contributed by atoms with Gasteiger partial charge in [-0.25, -0.2) is 0 Å². The van der Waals surface area contributed by atoms with Crippen molar-refractivity contribution in [1.82, 2.24) is 5.32 Å². The maximum atomic E-state index is 9.51. The van der Waals surface area contributed by atoms with E-state index in [2.05, 4.69) is 25.7 Å². The van der Waals surface area contributed by atoms with Gasteiger partial charge in [-0.15, -0.1) is 0 Å². The predicted molar refractivity (Wildman–Crippen MR) is 68.8 cm³/mol. The maximum absolute atomic E-state index is 9.51. The van der Waals surface area contributed by atoms with Gasteiger partial charge in [0.05, 0.1) is 12.7 Å². The van der Waals surface area contributed by atoms with Crippen LogP contribution in [-0.4, -0.2) is 37.5 Å². The summed E-state index contributed by atoms with van der Waals surface area (Å²) in [7, 11) is 0. The van der Waals surface area contributed by atoms with Crippen molar-refractivity contribution in [2.24, 2.45) is 5.92 Å². The molecule has 0 spiro atoms. The highest BCUT2D eigenvalue weighted by Crippen LogP contribution is 2.03. The summed E-state index contributed by atoms with van der Waals surface area (Å²) in [6, 6.07) is 0. The molecular formula is C12H24ClNO2. The second-order valence-corrected chi connectivity index (χ2v) is 4.95. The van der Waals surface area contributed by atoms with E-state index in [1.54, 1.807) is 0 Å². The highest BCUT2D eigenvalue weighted by molar-refractivity contribution is 6.29.